The number of aromatic amines is 1. The summed E-state index contributed by atoms with van der Waals surface area (Å²) in [6.07, 6.45) is 1.36. The quantitative estimate of drug-likeness (QED) is 0.678. The van der Waals surface area contributed by atoms with Crippen LogP contribution in [0, 0.1) is 0 Å². The van der Waals surface area contributed by atoms with Gasteiger partial charge >= 0.3 is 0 Å². The molecule has 3 aromatic rings. The highest BCUT2D eigenvalue weighted by Gasteiger charge is 2.43. The number of carbonyl (C=O) groups is 1. The average molecular weight is 407 g/mol. The molecule has 1 N–H and O–H groups in total. The van der Waals surface area contributed by atoms with Gasteiger partial charge in [0.25, 0.3) is 5.91 Å². The minimum absolute atomic E-state index is 0.137. The van der Waals surface area contributed by atoms with E-state index in [0.717, 1.165) is 11.7 Å². The van der Waals surface area contributed by atoms with Gasteiger partial charge in [-0.1, -0.05) is 6.07 Å². The predicted molar refractivity (Wildman–Crippen MR) is 97.7 cm³/mol. The molecule has 0 radical (unpaired) electrons. The van der Waals surface area contributed by atoms with Crippen molar-refractivity contribution in [1.29, 1.82) is 0 Å². The van der Waals surface area contributed by atoms with Gasteiger partial charge in [0.2, 0.25) is 10.0 Å². The summed E-state index contributed by atoms with van der Waals surface area (Å²) >= 11 is 0.981. The van der Waals surface area contributed by atoms with E-state index in [4.69, 9.17) is 0 Å². The lowest BCUT2D eigenvalue weighted by atomic mass is 10.0. The molecule has 1 fully saturated rings. The van der Waals surface area contributed by atoms with Crippen LogP contribution in [0.5, 0.6) is 0 Å². The molecule has 2 aromatic heterocycles. The lowest BCUT2D eigenvalue weighted by Crippen LogP contribution is -2.61. The Bertz CT molecular complexity index is 1090. The molecular formula is C15H17N7O3S2. The molecular weight excluding hydrogens is 390 g/mol. The second-order valence-corrected chi connectivity index (χ2v) is 9.22. The van der Waals surface area contributed by atoms with E-state index in [1.165, 1.54) is 10.5 Å². The standard InChI is InChI=1S/C15H17N7O3S2/c1-15(2)9-21(14(23)11-8-16-20-17-11)6-7-22(15)27(24,25)12-5-3-4-10-13(12)19-26-18-10/h3-5,8H,6-7,9H2,1-2H3,(H,16,17,20). The molecule has 10 nitrogen and oxygen atoms in total. The van der Waals surface area contributed by atoms with E-state index in [1.54, 1.807) is 36.9 Å². The summed E-state index contributed by atoms with van der Waals surface area (Å²) in [5.74, 6) is -0.278. The summed E-state index contributed by atoms with van der Waals surface area (Å²) in [5.41, 5.74) is 0.334. The van der Waals surface area contributed by atoms with E-state index in [0.29, 0.717) is 11.0 Å². The molecule has 0 bridgehead atoms. The van der Waals surface area contributed by atoms with E-state index >= 15 is 0 Å². The Kier molecular flexibility index (Phi) is 4.20. The Morgan fingerprint density at radius 1 is 1.26 bits per heavy atom. The number of nitrogens with one attached hydrogen (secondary N) is 1. The molecule has 0 atom stereocenters. The summed E-state index contributed by atoms with van der Waals surface area (Å²) in [6, 6.07) is 4.94. The number of nitrogens with zero attached hydrogens (tertiary/aromatic N) is 6. The Hall–Kier alpha value is -2.44. The largest absolute Gasteiger partial charge is 0.334 e. The van der Waals surface area contributed by atoms with Crippen LogP contribution < -0.4 is 0 Å². The third-order valence-electron chi connectivity index (χ3n) is 4.56. The molecule has 0 aliphatic carbocycles. The monoisotopic (exact) mass is 407 g/mol. The Balaban J connectivity index is 1.65. The molecule has 1 amide bonds. The van der Waals surface area contributed by atoms with Crippen LogP contribution in [0.25, 0.3) is 11.0 Å². The number of H-pyrrole nitrogens is 1. The zero-order valence-corrected chi connectivity index (χ0v) is 16.3. The summed E-state index contributed by atoms with van der Waals surface area (Å²) in [7, 11) is -3.80. The summed E-state index contributed by atoms with van der Waals surface area (Å²) in [5, 5.41) is 9.87. The average Bonchev–Trinajstić information content (AvgIpc) is 3.30. The maximum absolute atomic E-state index is 13.4. The van der Waals surface area contributed by atoms with Crippen molar-refractivity contribution >= 4 is 38.7 Å². The highest BCUT2D eigenvalue weighted by Crippen LogP contribution is 2.31. The second kappa shape index (κ2) is 6.32. The van der Waals surface area contributed by atoms with Gasteiger partial charge < -0.3 is 4.90 Å². The molecule has 27 heavy (non-hydrogen) atoms. The molecule has 1 aliphatic heterocycles. The van der Waals surface area contributed by atoms with Gasteiger partial charge in [-0.05, 0) is 26.0 Å². The predicted octanol–water partition coefficient (Wildman–Crippen LogP) is 0.735. The van der Waals surface area contributed by atoms with E-state index < -0.39 is 15.6 Å². The zero-order valence-electron chi connectivity index (χ0n) is 14.7. The van der Waals surface area contributed by atoms with Crippen molar-refractivity contribution in [2.45, 2.75) is 24.3 Å². The van der Waals surface area contributed by atoms with Gasteiger partial charge in [-0.3, -0.25) is 4.79 Å². The smallest absolute Gasteiger partial charge is 0.276 e. The summed E-state index contributed by atoms with van der Waals surface area (Å²) in [4.78, 5) is 14.3. The highest BCUT2D eigenvalue weighted by atomic mass is 32.2. The molecule has 12 heteroatoms. The van der Waals surface area contributed by atoms with Gasteiger partial charge in [-0.15, -0.1) is 0 Å². The minimum atomic E-state index is -3.80. The highest BCUT2D eigenvalue weighted by molar-refractivity contribution is 7.89. The van der Waals surface area contributed by atoms with Crippen LogP contribution in [-0.2, 0) is 10.0 Å². The number of benzene rings is 1. The second-order valence-electron chi connectivity index (χ2n) is 6.86. The number of carbonyl (C=O) groups excluding carboxylic acids is 1. The molecule has 142 valence electrons. The first-order chi connectivity index (χ1) is 12.8. The van der Waals surface area contributed by atoms with Crippen LogP contribution >= 0.6 is 11.7 Å². The van der Waals surface area contributed by atoms with Crippen LogP contribution in [0.4, 0.5) is 0 Å². The third kappa shape index (κ3) is 2.99. The topological polar surface area (TPSA) is 125 Å². The van der Waals surface area contributed by atoms with E-state index in [2.05, 4.69) is 24.2 Å². The number of hydrogen-bond acceptors (Lipinski definition) is 8. The fourth-order valence-electron chi connectivity index (χ4n) is 3.33. The minimum Gasteiger partial charge on any atom is -0.334 e. The lowest BCUT2D eigenvalue weighted by Gasteiger charge is -2.45. The first-order valence-corrected chi connectivity index (χ1v) is 10.4. The number of aromatic nitrogens is 5. The third-order valence-corrected chi connectivity index (χ3v) is 7.25. The van der Waals surface area contributed by atoms with Crippen LogP contribution in [0.2, 0.25) is 0 Å². The van der Waals surface area contributed by atoms with Crippen molar-refractivity contribution in [3.63, 3.8) is 0 Å². The maximum atomic E-state index is 13.4. The van der Waals surface area contributed by atoms with Crippen LogP contribution in [-0.4, -0.2) is 72.9 Å². The molecule has 4 rings (SSSR count). The Morgan fingerprint density at radius 3 is 2.78 bits per heavy atom. The molecule has 1 saturated heterocycles. The van der Waals surface area contributed by atoms with Crippen molar-refractivity contribution in [1.82, 2.24) is 33.4 Å². The van der Waals surface area contributed by atoms with E-state index in [1.807, 2.05) is 0 Å². The van der Waals surface area contributed by atoms with Crippen LogP contribution in [0.3, 0.4) is 0 Å². The number of amides is 1. The Labute approximate surface area is 159 Å². The summed E-state index contributed by atoms with van der Waals surface area (Å²) < 4.78 is 36.4. The first kappa shape index (κ1) is 17.9. The van der Waals surface area contributed by atoms with Crippen molar-refractivity contribution in [2.75, 3.05) is 19.6 Å². The molecule has 0 spiro atoms. The van der Waals surface area contributed by atoms with E-state index in [9.17, 15) is 13.2 Å². The molecule has 0 saturated carbocycles. The van der Waals surface area contributed by atoms with Crippen molar-refractivity contribution in [2.24, 2.45) is 0 Å². The maximum Gasteiger partial charge on any atom is 0.276 e. The van der Waals surface area contributed by atoms with Crippen molar-refractivity contribution in [3.05, 3.63) is 30.1 Å². The summed E-state index contributed by atoms with van der Waals surface area (Å²) in [6.45, 7) is 4.27. The van der Waals surface area contributed by atoms with Gasteiger partial charge in [0.1, 0.15) is 15.9 Å². The molecule has 1 aliphatic rings. The SMILES string of the molecule is CC1(C)CN(C(=O)c2cn[nH]n2)CCN1S(=O)(=O)c1cccc2nsnc12. The number of hydrogen-bond donors (Lipinski definition) is 1. The van der Waals surface area contributed by atoms with Gasteiger partial charge in [0, 0.05) is 25.2 Å². The van der Waals surface area contributed by atoms with Gasteiger partial charge in [0.05, 0.1) is 17.9 Å². The molecule has 1 aromatic carbocycles. The van der Waals surface area contributed by atoms with E-state index in [-0.39, 0.29) is 36.1 Å². The normalized spacial score (nSPS) is 18.1. The fraction of sp³-hybridized carbons (Fsp3) is 0.400. The fourth-order valence-corrected chi connectivity index (χ4v) is 5.85. The number of fused-ring (bicyclic) bond motifs is 1. The molecule has 3 heterocycles. The first-order valence-electron chi connectivity index (χ1n) is 8.20. The lowest BCUT2D eigenvalue weighted by molar-refractivity contribution is 0.0489. The van der Waals surface area contributed by atoms with Gasteiger partial charge in [-0.2, -0.15) is 28.5 Å². The van der Waals surface area contributed by atoms with Gasteiger partial charge in [-0.25, -0.2) is 8.42 Å². The van der Waals surface area contributed by atoms with Crippen molar-refractivity contribution in [3.8, 4) is 0 Å². The van der Waals surface area contributed by atoms with Crippen molar-refractivity contribution < 1.29 is 13.2 Å². The number of rotatable bonds is 3. The Morgan fingerprint density at radius 2 is 2.07 bits per heavy atom. The molecule has 0 unspecified atom stereocenters. The number of sulfonamides is 1. The van der Waals surface area contributed by atoms with Gasteiger partial charge in [0.15, 0.2) is 5.69 Å². The van der Waals surface area contributed by atoms with Crippen LogP contribution in [0.1, 0.15) is 24.3 Å². The zero-order chi connectivity index (χ0) is 19.2. The van der Waals surface area contributed by atoms with Crippen LogP contribution in [0.15, 0.2) is 29.3 Å². The number of piperazine rings is 1.